The normalized spacial score (nSPS) is 55.7. The monoisotopic (exact) mass is 302 g/mol. The van der Waals surface area contributed by atoms with Crippen LogP contribution in [0.5, 0.6) is 0 Å². The van der Waals surface area contributed by atoms with Crippen LogP contribution in [0.1, 0.15) is 52.4 Å². The van der Waals surface area contributed by atoms with Crippen LogP contribution >= 0.6 is 0 Å². The van der Waals surface area contributed by atoms with Crippen LogP contribution in [0.15, 0.2) is 0 Å². The van der Waals surface area contributed by atoms with Crippen LogP contribution in [-0.4, -0.2) is 37.0 Å². The first-order chi connectivity index (χ1) is 10.4. The molecule has 4 bridgehead atoms. The van der Waals surface area contributed by atoms with Gasteiger partial charge in [0, 0.05) is 26.2 Å². The molecule has 0 spiro atoms. The number of hydrogen-bond acceptors (Lipinski definition) is 2. The van der Waals surface area contributed by atoms with Gasteiger partial charge in [0.05, 0.1) is 5.41 Å². The number of carbonyl (C=O) groups excluding carboxylic acids is 1. The number of rotatable bonds is 1. The number of nitrogens with one attached hydrogen (secondary N) is 1. The van der Waals surface area contributed by atoms with Crippen LogP contribution < -0.4 is 5.32 Å². The largest absolute Gasteiger partial charge is 0.342 e. The highest BCUT2D eigenvalue weighted by Gasteiger charge is 2.63. The highest BCUT2D eigenvalue weighted by molar-refractivity contribution is 5.84. The molecule has 3 heteroatoms. The van der Waals surface area contributed by atoms with Crippen LogP contribution in [-0.2, 0) is 4.79 Å². The number of nitrogens with zero attached hydrogens (tertiary/aromatic N) is 1. The Morgan fingerprint density at radius 2 is 1.55 bits per heavy atom. The Bertz CT molecular complexity index is 500. The molecule has 3 nitrogen and oxygen atoms in total. The van der Waals surface area contributed by atoms with E-state index < -0.39 is 0 Å². The van der Waals surface area contributed by atoms with E-state index in [0.717, 1.165) is 43.9 Å². The van der Waals surface area contributed by atoms with Gasteiger partial charge < -0.3 is 10.2 Å². The summed E-state index contributed by atoms with van der Waals surface area (Å²) in [5.74, 6) is 2.82. The van der Waals surface area contributed by atoms with Crippen molar-refractivity contribution in [2.24, 2.45) is 34.0 Å². The van der Waals surface area contributed by atoms with Gasteiger partial charge in [-0.05, 0) is 67.1 Å². The first-order valence-corrected chi connectivity index (χ1v) is 9.39. The Morgan fingerprint density at radius 1 is 0.955 bits per heavy atom. The lowest BCUT2D eigenvalue weighted by Crippen LogP contribution is -2.60. The molecule has 0 radical (unpaired) electrons. The minimum absolute atomic E-state index is 0.00891. The average molecular weight is 302 g/mol. The molecule has 22 heavy (non-hydrogen) atoms. The zero-order valence-corrected chi connectivity index (χ0v) is 14.2. The van der Waals surface area contributed by atoms with Crippen LogP contribution in [0.2, 0.25) is 0 Å². The van der Waals surface area contributed by atoms with Crippen molar-refractivity contribution >= 4 is 5.91 Å². The first kappa shape index (κ1) is 13.8. The summed E-state index contributed by atoms with van der Waals surface area (Å²) in [6.07, 6.45) is 7.67. The van der Waals surface area contributed by atoms with Crippen molar-refractivity contribution in [1.82, 2.24) is 10.2 Å². The standard InChI is InChI=1S/C19H30N2O/c1-17-3-13-4-18(2,10-17)12-19(5-13,11-17)16(22)21-8-14-6-20-7-15(14)9-21/h13-15,20H,3-12H2,1-2H3/t13?,14-,15+,17?,18?,19?. The van der Waals surface area contributed by atoms with Gasteiger partial charge in [-0.15, -0.1) is 0 Å². The molecule has 2 aliphatic heterocycles. The fraction of sp³-hybridized carbons (Fsp3) is 0.947. The molecule has 6 aliphatic rings. The molecule has 4 atom stereocenters. The van der Waals surface area contributed by atoms with Crippen LogP contribution in [0.25, 0.3) is 0 Å². The molecule has 0 aromatic heterocycles. The minimum atomic E-state index is 0.00891. The highest BCUT2D eigenvalue weighted by Crippen LogP contribution is 2.70. The summed E-state index contributed by atoms with van der Waals surface area (Å²) in [4.78, 5) is 15.8. The predicted octanol–water partition coefficient (Wildman–Crippen LogP) is 2.66. The zero-order chi connectivity index (χ0) is 15.2. The summed E-state index contributed by atoms with van der Waals surface area (Å²) < 4.78 is 0. The van der Waals surface area contributed by atoms with E-state index >= 15 is 0 Å². The van der Waals surface area contributed by atoms with Crippen molar-refractivity contribution in [2.75, 3.05) is 26.2 Å². The number of likely N-dealkylation sites (tertiary alicyclic amines) is 1. The third-order valence-corrected chi connectivity index (χ3v) is 7.76. The Balaban J connectivity index is 1.43. The van der Waals surface area contributed by atoms with Crippen LogP contribution in [0.3, 0.4) is 0 Å². The fourth-order valence-electron chi connectivity index (χ4n) is 8.04. The second-order valence-electron chi connectivity index (χ2n) is 10.3. The Morgan fingerprint density at radius 3 is 2.09 bits per heavy atom. The van der Waals surface area contributed by atoms with E-state index in [1.165, 1.54) is 38.5 Å². The Labute approximate surface area is 134 Å². The third-order valence-electron chi connectivity index (χ3n) is 7.76. The fourth-order valence-corrected chi connectivity index (χ4v) is 8.04. The molecule has 1 amide bonds. The summed E-state index contributed by atoms with van der Waals surface area (Å²) in [6, 6.07) is 0. The van der Waals surface area contributed by atoms with Crippen molar-refractivity contribution in [3.63, 3.8) is 0 Å². The number of carbonyl (C=O) groups is 1. The SMILES string of the molecule is CC12CC3CC(C)(C1)CC(C(=O)N1C[C@H]4CNC[C@H]4C1)(C3)C2. The third kappa shape index (κ3) is 1.81. The van der Waals surface area contributed by atoms with Crippen LogP contribution in [0.4, 0.5) is 0 Å². The van der Waals surface area contributed by atoms with Crippen molar-refractivity contribution in [2.45, 2.75) is 52.4 Å². The van der Waals surface area contributed by atoms with Gasteiger partial charge in [0.1, 0.15) is 0 Å². The highest BCUT2D eigenvalue weighted by atomic mass is 16.2. The lowest BCUT2D eigenvalue weighted by Gasteiger charge is -2.65. The Hall–Kier alpha value is -0.570. The van der Waals surface area contributed by atoms with Gasteiger partial charge in [-0.25, -0.2) is 0 Å². The van der Waals surface area contributed by atoms with E-state index in [0.29, 0.717) is 16.7 Å². The van der Waals surface area contributed by atoms with Gasteiger partial charge in [0.25, 0.3) is 0 Å². The molecule has 4 saturated carbocycles. The lowest BCUT2D eigenvalue weighted by molar-refractivity contribution is -0.178. The summed E-state index contributed by atoms with van der Waals surface area (Å²) >= 11 is 0. The second-order valence-corrected chi connectivity index (χ2v) is 10.3. The van der Waals surface area contributed by atoms with Gasteiger partial charge in [-0.1, -0.05) is 13.8 Å². The maximum absolute atomic E-state index is 13.5. The van der Waals surface area contributed by atoms with Crippen molar-refractivity contribution in [3.8, 4) is 0 Å². The van der Waals surface area contributed by atoms with E-state index in [2.05, 4.69) is 24.1 Å². The molecule has 2 saturated heterocycles. The molecule has 4 aliphatic carbocycles. The zero-order valence-electron chi connectivity index (χ0n) is 14.2. The molecule has 2 heterocycles. The maximum Gasteiger partial charge on any atom is 0.228 e. The summed E-state index contributed by atoms with van der Waals surface area (Å²) in [6.45, 7) is 9.24. The second kappa shape index (κ2) is 4.09. The summed E-state index contributed by atoms with van der Waals surface area (Å²) in [7, 11) is 0. The van der Waals surface area contributed by atoms with E-state index in [9.17, 15) is 4.79 Å². The van der Waals surface area contributed by atoms with Crippen LogP contribution in [0, 0.1) is 34.0 Å². The van der Waals surface area contributed by atoms with E-state index in [4.69, 9.17) is 0 Å². The van der Waals surface area contributed by atoms with E-state index in [-0.39, 0.29) is 5.41 Å². The number of hydrogen-bond donors (Lipinski definition) is 1. The van der Waals surface area contributed by atoms with Gasteiger partial charge in [0.15, 0.2) is 0 Å². The van der Waals surface area contributed by atoms with Gasteiger partial charge in [0.2, 0.25) is 5.91 Å². The smallest absolute Gasteiger partial charge is 0.228 e. The molecule has 122 valence electrons. The molecular weight excluding hydrogens is 272 g/mol. The van der Waals surface area contributed by atoms with Crippen molar-refractivity contribution in [1.29, 1.82) is 0 Å². The van der Waals surface area contributed by atoms with Gasteiger partial charge in [-0.2, -0.15) is 0 Å². The van der Waals surface area contributed by atoms with E-state index in [1.807, 2.05) is 0 Å². The Kier molecular flexibility index (Phi) is 2.57. The number of fused-ring (bicyclic) bond motifs is 1. The first-order valence-electron chi connectivity index (χ1n) is 9.39. The summed E-state index contributed by atoms with van der Waals surface area (Å²) in [5, 5.41) is 3.49. The molecule has 0 aromatic rings. The minimum Gasteiger partial charge on any atom is -0.342 e. The van der Waals surface area contributed by atoms with Crippen molar-refractivity contribution in [3.05, 3.63) is 0 Å². The molecule has 6 rings (SSSR count). The van der Waals surface area contributed by atoms with Crippen molar-refractivity contribution < 1.29 is 4.79 Å². The number of amides is 1. The summed E-state index contributed by atoms with van der Waals surface area (Å²) in [5.41, 5.74) is 0.900. The van der Waals surface area contributed by atoms with Gasteiger partial charge in [-0.3, -0.25) is 4.79 Å². The lowest BCUT2D eigenvalue weighted by atomic mass is 9.40. The molecule has 2 unspecified atom stereocenters. The topological polar surface area (TPSA) is 32.3 Å². The molecule has 0 aromatic carbocycles. The average Bonchev–Trinajstić information content (AvgIpc) is 2.93. The van der Waals surface area contributed by atoms with Gasteiger partial charge >= 0.3 is 0 Å². The maximum atomic E-state index is 13.5. The predicted molar refractivity (Wildman–Crippen MR) is 86.3 cm³/mol. The van der Waals surface area contributed by atoms with E-state index in [1.54, 1.807) is 0 Å². The molecule has 1 N–H and O–H groups in total. The molecular formula is C19H30N2O. The molecule has 6 fully saturated rings. The quantitative estimate of drug-likeness (QED) is 0.807.